The highest BCUT2D eigenvalue weighted by Crippen LogP contribution is 2.34. The van der Waals surface area contributed by atoms with Crippen molar-refractivity contribution in [2.75, 3.05) is 43.4 Å². The molecule has 0 bridgehead atoms. The Labute approximate surface area is 219 Å². The molecule has 2 aromatic heterocycles. The Morgan fingerprint density at radius 2 is 1.86 bits per heavy atom. The van der Waals surface area contributed by atoms with Crippen LogP contribution < -0.4 is 15.2 Å². The molecule has 0 N–H and O–H groups in total. The predicted molar refractivity (Wildman–Crippen MR) is 142 cm³/mol. The first-order chi connectivity index (χ1) is 18.1. The van der Waals surface area contributed by atoms with Crippen molar-refractivity contribution in [3.8, 4) is 17.0 Å². The van der Waals surface area contributed by atoms with E-state index >= 15 is 0 Å². The summed E-state index contributed by atoms with van der Waals surface area (Å²) in [6.07, 6.45) is 3.03. The molecular weight excluding hydrogens is 488 g/mol. The monoisotopic (exact) mass is 518 g/mol. The maximum Gasteiger partial charge on any atom is 0.257 e. The summed E-state index contributed by atoms with van der Waals surface area (Å²) >= 11 is 1.60. The first-order valence-electron chi connectivity index (χ1n) is 13.0. The molecule has 1 unspecified atom stereocenters. The SMILES string of the molecule is CCOc1ccc(-c2ccc(N3CCN(C(=O)CC4CSc5nc6c(c(=O)n54)CCC6)CC3)nn2)cc1. The van der Waals surface area contributed by atoms with Gasteiger partial charge in [-0.15, -0.1) is 10.2 Å². The van der Waals surface area contributed by atoms with Crippen LogP contribution >= 0.6 is 11.8 Å². The number of amides is 1. The number of aromatic nitrogens is 4. The lowest BCUT2D eigenvalue weighted by Gasteiger charge is -2.35. The quantitative estimate of drug-likeness (QED) is 0.460. The normalized spacial score (nSPS) is 18.6. The zero-order valence-corrected chi connectivity index (χ0v) is 21.7. The number of hydrogen-bond donors (Lipinski definition) is 0. The second-order valence-corrected chi connectivity index (χ2v) is 10.6. The largest absolute Gasteiger partial charge is 0.494 e. The summed E-state index contributed by atoms with van der Waals surface area (Å²) in [5.74, 6) is 2.48. The summed E-state index contributed by atoms with van der Waals surface area (Å²) in [6.45, 7) is 5.27. The van der Waals surface area contributed by atoms with Gasteiger partial charge in [-0.2, -0.15) is 0 Å². The van der Waals surface area contributed by atoms with Gasteiger partial charge >= 0.3 is 0 Å². The fourth-order valence-electron chi connectivity index (χ4n) is 5.35. The molecule has 1 aromatic carbocycles. The number of benzene rings is 1. The Kier molecular flexibility index (Phi) is 6.58. The molecule has 3 aromatic rings. The Balaban J connectivity index is 1.05. The summed E-state index contributed by atoms with van der Waals surface area (Å²) in [6, 6.07) is 11.7. The number of aryl methyl sites for hydroxylation is 1. The molecule has 3 aliphatic rings. The van der Waals surface area contributed by atoms with Crippen molar-refractivity contribution in [2.24, 2.45) is 0 Å². The molecule has 4 heterocycles. The van der Waals surface area contributed by atoms with E-state index in [1.807, 2.05) is 48.2 Å². The first kappa shape index (κ1) is 24.0. The number of hydrogen-bond acceptors (Lipinski definition) is 8. The van der Waals surface area contributed by atoms with Gasteiger partial charge in [-0.3, -0.25) is 14.2 Å². The second kappa shape index (κ2) is 10.2. The molecule has 0 spiro atoms. The van der Waals surface area contributed by atoms with Gasteiger partial charge in [0.15, 0.2) is 11.0 Å². The summed E-state index contributed by atoms with van der Waals surface area (Å²) in [5, 5.41) is 9.65. The van der Waals surface area contributed by atoms with Crippen LogP contribution in [0.15, 0.2) is 46.3 Å². The minimum absolute atomic E-state index is 0.0670. The highest BCUT2D eigenvalue weighted by atomic mass is 32.2. The molecule has 1 saturated heterocycles. The van der Waals surface area contributed by atoms with Crippen LogP contribution in [0, 0.1) is 0 Å². The number of rotatable bonds is 6. The van der Waals surface area contributed by atoms with Crippen LogP contribution in [0.4, 0.5) is 5.82 Å². The van der Waals surface area contributed by atoms with Crippen molar-refractivity contribution in [2.45, 2.75) is 43.8 Å². The summed E-state index contributed by atoms with van der Waals surface area (Å²) in [4.78, 5) is 35.0. The number of thioether (sulfide) groups is 1. The zero-order chi connectivity index (χ0) is 25.4. The fourth-order valence-corrected chi connectivity index (χ4v) is 6.51. The standard InChI is InChI=1S/C27H30N6O3S/c1-2-36-20-8-6-18(7-9-20)22-10-11-24(30-29-22)31-12-14-32(15-13-31)25(34)16-19-17-37-27-28-23-5-3-4-21(23)26(35)33(19)27/h6-11,19H,2-5,12-17H2,1H3. The second-order valence-electron chi connectivity index (χ2n) is 9.62. The number of piperazine rings is 1. The zero-order valence-electron chi connectivity index (χ0n) is 20.9. The van der Waals surface area contributed by atoms with E-state index in [2.05, 4.69) is 15.1 Å². The van der Waals surface area contributed by atoms with E-state index in [4.69, 9.17) is 9.72 Å². The molecule has 1 atom stereocenters. The van der Waals surface area contributed by atoms with E-state index < -0.39 is 0 Å². The third-order valence-electron chi connectivity index (χ3n) is 7.35. The highest BCUT2D eigenvalue weighted by molar-refractivity contribution is 7.99. The number of nitrogens with zero attached hydrogens (tertiary/aromatic N) is 6. The number of carbonyl (C=O) groups is 1. The first-order valence-corrected chi connectivity index (χ1v) is 14.0. The molecule has 6 rings (SSSR count). The maximum absolute atomic E-state index is 13.1. The molecule has 0 saturated carbocycles. The van der Waals surface area contributed by atoms with Gasteiger partial charge in [0, 0.05) is 49.5 Å². The molecule has 9 nitrogen and oxygen atoms in total. The molecule has 37 heavy (non-hydrogen) atoms. The van der Waals surface area contributed by atoms with Gasteiger partial charge in [0.25, 0.3) is 5.56 Å². The van der Waals surface area contributed by atoms with E-state index in [0.29, 0.717) is 39.2 Å². The van der Waals surface area contributed by atoms with Crippen LogP contribution in [0.25, 0.3) is 11.3 Å². The lowest BCUT2D eigenvalue weighted by Crippen LogP contribution is -2.49. The van der Waals surface area contributed by atoms with E-state index in [0.717, 1.165) is 64.3 Å². The predicted octanol–water partition coefficient (Wildman–Crippen LogP) is 2.97. The topological polar surface area (TPSA) is 93.5 Å². The number of anilines is 1. The van der Waals surface area contributed by atoms with Crippen LogP contribution in [0.2, 0.25) is 0 Å². The molecule has 1 fully saturated rings. The van der Waals surface area contributed by atoms with Gasteiger partial charge in [0.2, 0.25) is 5.91 Å². The summed E-state index contributed by atoms with van der Waals surface area (Å²) < 4.78 is 7.29. The summed E-state index contributed by atoms with van der Waals surface area (Å²) in [5.41, 5.74) is 3.68. The van der Waals surface area contributed by atoms with E-state index in [1.165, 1.54) is 0 Å². The minimum Gasteiger partial charge on any atom is -0.494 e. The molecule has 2 aliphatic heterocycles. The lowest BCUT2D eigenvalue weighted by atomic mass is 10.1. The van der Waals surface area contributed by atoms with Crippen molar-refractivity contribution in [1.29, 1.82) is 0 Å². The average Bonchev–Trinajstić information content (AvgIpc) is 3.57. The number of ether oxygens (including phenoxy) is 1. The molecule has 192 valence electrons. The van der Waals surface area contributed by atoms with Gasteiger partial charge in [-0.05, 0) is 62.6 Å². The van der Waals surface area contributed by atoms with Crippen molar-refractivity contribution < 1.29 is 9.53 Å². The van der Waals surface area contributed by atoms with Crippen LogP contribution in [-0.2, 0) is 17.6 Å². The third kappa shape index (κ3) is 4.70. The van der Waals surface area contributed by atoms with Crippen molar-refractivity contribution in [1.82, 2.24) is 24.6 Å². The van der Waals surface area contributed by atoms with Crippen molar-refractivity contribution in [3.05, 3.63) is 58.0 Å². The molecule has 1 aliphatic carbocycles. The Morgan fingerprint density at radius 1 is 1.05 bits per heavy atom. The van der Waals surface area contributed by atoms with Crippen LogP contribution in [-0.4, -0.2) is 69.1 Å². The van der Waals surface area contributed by atoms with Crippen molar-refractivity contribution >= 4 is 23.5 Å². The van der Waals surface area contributed by atoms with Gasteiger partial charge in [0.1, 0.15) is 5.75 Å². The Hall–Kier alpha value is -3.40. The smallest absolute Gasteiger partial charge is 0.257 e. The van der Waals surface area contributed by atoms with Crippen LogP contribution in [0.1, 0.15) is 37.1 Å². The average molecular weight is 519 g/mol. The van der Waals surface area contributed by atoms with Crippen LogP contribution in [0.3, 0.4) is 0 Å². The number of carbonyl (C=O) groups excluding carboxylic acids is 1. The van der Waals surface area contributed by atoms with E-state index in [1.54, 1.807) is 16.3 Å². The molecule has 0 radical (unpaired) electrons. The fraction of sp³-hybridized carbons (Fsp3) is 0.444. The highest BCUT2D eigenvalue weighted by Gasteiger charge is 2.33. The molecule has 10 heteroatoms. The van der Waals surface area contributed by atoms with Gasteiger partial charge in [-0.1, -0.05) is 11.8 Å². The minimum atomic E-state index is -0.113. The van der Waals surface area contributed by atoms with E-state index in [9.17, 15) is 9.59 Å². The van der Waals surface area contributed by atoms with Gasteiger partial charge in [-0.25, -0.2) is 4.98 Å². The lowest BCUT2D eigenvalue weighted by molar-refractivity contribution is -0.132. The Bertz CT molecular complexity index is 1350. The van der Waals surface area contributed by atoms with Gasteiger partial charge < -0.3 is 14.5 Å². The molecule has 1 amide bonds. The number of fused-ring (bicyclic) bond motifs is 2. The maximum atomic E-state index is 13.1. The molecular formula is C27H30N6O3S. The van der Waals surface area contributed by atoms with E-state index in [-0.39, 0.29) is 17.5 Å². The van der Waals surface area contributed by atoms with Gasteiger partial charge in [0.05, 0.1) is 24.0 Å². The van der Waals surface area contributed by atoms with Crippen molar-refractivity contribution in [3.63, 3.8) is 0 Å². The third-order valence-corrected chi connectivity index (χ3v) is 8.45. The Morgan fingerprint density at radius 3 is 2.59 bits per heavy atom. The van der Waals surface area contributed by atoms with Crippen LogP contribution in [0.5, 0.6) is 5.75 Å². The summed E-state index contributed by atoms with van der Waals surface area (Å²) in [7, 11) is 0.